The Hall–Kier alpha value is -2.43. The summed E-state index contributed by atoms with van der Waals surface area (Å²) < 4.78 is 1.92. The lowest BCUT2D eigenvalue weighted by molar-refractivity contribution is 1.05. The third-order valence-corrected chi connectivity index (χ3v) is 2.99. The van der Waals surface area contributed by atoms with Gasteiger partial charge < -0.3 is 4.90 Å². The van der Waals surface area contributed by atoms with Crippen molar-refractivity contribution in [3.63, 3.8) is 0 Å². The lowest BCUT2D eigenvalue weighted by atomic mass is 10.2. The van der Waals surface area contributed by atoms with Crippen LogP contribution in [0.4, 0.5) is 5.82 Å². The van der Waals surface area contributed by atoms with Crippen LogP contribution >= 0.6 is 0 Å². The van der Waals surface area contributed by atoms with Crippen LogP contribution in [0.3, 0.4) is 0 Å². The van der Waals surface area contributed by atoms with Crippen LogP contribution < -0.4 is 4.90 Å². The summed E-state index contributed by atoms with van der Waals surface area (Å²) in [6, 6.07) is 5.98. The smallest absolute Gasteiger partial charge is 0.140 e. The summed E-state index contributed by atoms with van der Waals surface area (Å²) in [5.74, 6) is 0.935. The van der Waals surface area contributed by atoms with Crippen LogP contribution in [0.15, 0.2) is 36.9 Å². The van der Waals surface area contributed by atoms with Gasteiger partial charge in [0.2, 0.25) is 0 Å². The highest BCUT2D eigenvalue weighted by Crippen LogP contribution is 2.20. The molecule has 19 heavy (non-hydrogen) atoms. The molecule has 0 aliphatic carbocycles. The van der Waals surface area contributed by atoms with E-state index in [4.69, 9.17) is 0 Å². The summed E-state index contributed by atoms with van der Waals surface area (Å²) in [5, 5.41) is 0. The van der Waals surface area contributed by atoms with Crippen LogP contribution in [0.5, 0.6) is 0 Å². The molecule has 0 aliphatic heterocycles. The maximum Gasteiger partial charge on any atom is 0.140 e. The minimum absolute atomic E-state index is 0.902. The summed E-state index contributed by atoms with van der Waals surface area (Å²) in [7, 11) is 3.95. The maximum absolute atomic E-state index is 4.59. The molecular weight excluding hydrogens is 238 g/mol. The van der Waals surface area contributed by atoms with Crippen LogP contribution in [-0.4, -0.2) is 33.4 Å². The molecule has 0 unspecified atom stereocenters. The van der Waals surface area contributed by atoms with Gasteiger partial charge in [-0.3, -0.25) is 4.40 Å². The molecule has 0 fully saturated rings. The molecule has 0 amide bonds. The van der Waals surface area contributed by atoms with E-state index in [1.165, 1.54) is 0 Å². The number of anilines is 1. The van der Waals surface area contributed by atoms with Crippen molar-refractivity contribution in [2.75, 3.05) is 19.0 Å². The Kier molecular flexibility index (Phi) is 2.67. The minimum Gasteiger partial charge on any atom is -0.363 e. The fourth-order valence-electron chi connectivity index (χ4n) is 1.93. The average Bonchev–Trinajstić information content (AvgIpc) is 2.81. The zero-order valence-electron chi connectivity index (χ0n) is 11.2. The predicted molar refractivity (Wildman–Crippen MR) is 75.3 cm³/mol. The number of nitrogens with zero attached hydrogens (tertiary/aromatic N) is 5. The highest BCUT2D eigenvalue weighted by molar-refractivity contribution is 5.63. The van der Waals surface area contributed by atoms with E-state index in [2.05, 4.69) is 15.0 Å². The molecule has 0 N–H and O–H groups in total. The Morgan fingerprint density at radius 3 is 2.68 bits per heavy atom. The number of pyridine rings is 1. The molecule has 0 aliphatic rings. The van der Waals surface area contributed by atoms with Crippen molar-refractivity contribution in [3.05, 3.63) is 42.6 Å². The van der Waals surface area contributed by atoms with Crippen LogP contribution in [0.2, 0.25) is 0 Å². The highest BCUT2D eigenvalue weighted by atomic mass is 15.1. The second-order valence-corrected chi connectivity index (χ2v) is 4.72. The first-order chi connectivity index (χ1) is 9.13. The van der Waals surface area contributed by atoms with E-state index in [0.717, 1.165) is 28.4 Å². The molecule has 0 spiro atoms. The van der Waals surface area contributed by atoms with Crippen molar-refractivity contribution >= 4 is 11.5 Å². The van der Waals surface area contributed by atoms with Crippen LogP contribution in [0.1, 0.15) is 5.69 Å². The number of aryl methyl sites for hydroxylation is 1. The third-order valence-electron chi connectivity index (χ3n) is 2.99. The lowest BCUT2D eigenvalue weighted by Gasteiger charge is -2.10. The molecule has 0 bridgehead atoms. The van der Waals surface area contributed by atoms with Gasteiger partial charge in [-0.05, 0) is 19.1 Å². The Labute approximate surface area is 111 Å². The SMILES string of the molecule is Cc1cc2nc(-c3ccc(N(C)C)nc3)cn2cn1. The number of imidazole rings is 1. The van der Waals surface area contributed by atoms with E-state index < -0.39 is 0 Å². The molecule has 3 heterocycles. The van der Waals surface area contributed by atoms with Crippen molar-refractivity contribution in [2.45, 2.75) is 6.92 Å². The highest BCUT2D eigenvalue weighted by Gasteiger charge is 2.06. The zero-order valence-corrected chi connectivity index (χ0v) is 11.2. The van der Waals surface area contributed by atoms with Gasteiger partial charge in [-0.1, -0.05) is 0 Å². The van der Waals surface area contributed by atoms with Gasteiger partial charge in [0.15, 0.2) is 0 Å². The first-order valence-electron chi connectivity index (χ1n) is 6.08. The maximum atomic E-state index is 4.59. The molecule has 0 radical (unpaired) electrons. The average molecular weight is 253 g/mol. The van der Waals surface area contributed by atoms with E-state index in [1.807, 2.05) is 60.9 Å². The number of fused-ring (bicyclic) bond motifs is 1. The fourth-order valence-corrected chi connectivity index (χ4v) is 1.93. The van der Waals surface area contributed by atoms with E-state index in [9.17, 15) is 0 Å². The summed E-state index contributed by atoms with van der Waals surface area (Å²) >= 11 is 0. The topological polar surface area (TPSA) is 46.3 Å². The quantitative estimate of drug-likeness (QED) is 0.702. The zero-order chi connectivity index (χ0) is 13.4. The fraction of sp³-hybridized carbons (Fsp3) is 0.214. The van der Waals surface area contributed by atoms with Crippen LogP contribution in [0.25, 0.3) is 16.9 Å². The van der Waals surface area contributed by atoms with Gasteiger partial charge in [0.05, 0.1) is 5.69 Å². The molecule has 5 nitrogen and oxygen atoms in total. The minimum atomic E-state index is 0.902. The summed E-state index contributed by atoms with van der Waals surface area (Å²) in [4.78, 5) is 15.2. The molecule has 0 saturated heterocycles. The van der Waals surface area contributed by atoms with Crippen LogP contribution in [0, 0.1) is 6.92 Å². The standard InChI is InChI=1S/C14H15N5/c1-10-6-14-17-12(8-19(14)9-16-10)11-4-5-13(15-7-11)18(2)3/h4-9H,1-3H3. The molecule has 3 aromatic rings. The number of hydrogen-bond donors (Lipinski definition) is 0. The Balaban J connectivity index is 2.03. The van der Waals surface area contributed by atoms with Crippen molar-refractivity contribution in [3.8, 4) is 11.3 Å². The van der Waals surface area contributed by atoms with E-state index >= 15 is 0 Å². The van der Waals surface area contributed by atoms with Gasteiger partial charge in [-0.25, -0.2) is 15.0 Å². The third kappa shape index (κ3) is 2.14. The molecular formula is C14H15N5. The molecule has 3 aromatic heterocycles. The summed E-state index contributed by atoms with van der Waals surface area (Å²) in [6.07, 6.45) is 5.59. The number of aromatic nitrogens is 4. The molecule has 3 rings (SSSR count). The Morgan fingerprint density at radius 1 is 1.16 bits per heavy atom. The van der Waals surface area contributed by atoms with Gasteiger partial charge in [0.25, 0.3) is 0 Å². The number of rotatable bonds is 2. The van der Waals surface area contributed by atoms with E-state index in [1.54, 1.807) is 6.33 Å². The molecule has 5 heteroatoms. The van der Waals surface area contributed by atoms with Crippen molar-refractivity contribution in [2.24, 2.45) is 0 Å². The first kappa shape index (κ1) is 11.6. The predicted octanol–water partition coefficient (Wildman–Crippen LogP) is 2.17. The molecule has 0 aromatic carbocycles. The van der Waals surface area contributed by atoms with Gasteiger partial charge in [-0.15, -0.1) is 0 Å². The summed E-state index contributed by atoms with van der Waals surface area (Å²) in [6.45, 7) is 1.96. The molecule has 96 valence electrons. The van der Waals surface area contributed by atoms with E-state index in [0.29, 0.717) is 0 Å². The second-order valence-electron chi connectivity index (χ2n) is 4.72. The number of hydrogen-bond acceptors (Lipinski definition) is 4. The first-order valence-corrected chi connectivity index (χ1v) is 6.08. The molecule has 0 atom stereocenters. The largest absolute Gasteiger partial charge is 0.363 e. The van der Waals surface area contributed by atoms with Gasteiger partial charge >= 0.3 is 0 Å². The normalized spacial score (nSPS) is 10.9. The van der Waals surface area contributed by atoms with Gasteiger partial charge in [0.1, 0.15) is 17.8 Å². The van der Waals surface area contributed by atoms with Crippen molar-refractivity contribution in [1.29, 1.82) is 0 Å². The monoisotopic (exact) mass is 253 g/mol. The Bertz CT molecular complexity index is 712. The molecule has 0 saturated carbocycles. The Morgan fingerprint density at radius 2 is 2.00 bits per heavy atom. The second kappa shape index (κ2) is 4.35. The lowest BCUT2D eigenvalue weighted by Crippen LogP contribution is -2.09. The van der Waals surface area contributed by atoms with Crippen LogP contribution in [-0.2, 0) is 0 Å². The summed E-state index contributed by atoms with van der Waals surface area (Å²) in [5.41, 5.74) is 3.78. The van der Waals surface area contributed by atoms with E-state index in [-0.39, 0.29) is 0 Å². The van der Waals surface area contributed by atoms with Gasteiger partial charge in [-0.2, -0.15) is 0 Å². The van der Waals surface area contributed by atoms with Crippen molar-refractivity contribution in [1.82, 2.24) is 19.4 Å². The van der Waals surface area contributed by atoms with Gasteiger partial charge in [0, 0.05) is 43.8 Å². The van der Waals surface area contributed by atoms with Crippen molar-refractivity contribution < 1.29 is 0 Å².